The number of aromatic nitrogens is 1. The number of fused-ring (bicyclic) bond motifs is 1. The molecule has 29 heavy (non-hydrogen) atoms. The van der Waals surface area contributed by atoms with E-state index in [9.17, 15) is 14.4 Å². The molecule has 1 atom stereocenters. The number of benzene rings is 1. The average Bonchev–Trinajstić information content (AvgIpc) is 3.32. The third-order valence-electron chi connectivity index (χ3n) is 4.61. The van der Waals surface area contributed by atoms with Crippen molar-refractivity contribution in [1.29, 1.82) is 0 Å². The van der Waals surface area contributed by atoms with Crippen molar-refractivity contribution >= 4 is 62.4 Å². The van der Waals surface area contributed by atoms with Crippen LogP contribution >= 0.6 is 27.3 Å². The number of likely N-dealkylation sites (N-methyl/N-ethyl adjacent to an activating group) is 2. The van der Waals surface area contributed by atoms with Crippen molar-refractivity contribution in [3.8, 4) is 11.3 Å². The first-order valence-corrected chi connectivity index (χ1v) is 10.3. The maximum Gasteiger partial charge on any atom is 0.333 e. The van der Waals surface area contributed by atoms with Crippen LogP contribution in [-0.2, 0) is 9.59 Å². The van der Waals surface area contributed by atoms with Gasteiger partial charge in [0.15, 0.2) is 11.7 Å². The summed E-state index contributed by atoms with van der Waals surface area (Å²) in [6, 6.07) is 6.48. The summed E-state index contributed by atoms with van der Waals surface area (Å²) < 4.78 is 2.49. The molecule has 0 aliphatic carbocycles. The molecule has 1 unspecified atom stereocenters. The largest absolute Gasteiger partial charge is 0.333 e. The minimum Gasteiger partial charge on any atom is -0.299 e. The van der Waals surface area contributed by atoms with Crippen LogP contribution in [0.25, 0.3) is 11.3 Å². The molecule has 1 aromatic heterocycles. The predicted octanol–water partition coefficient (Wildman–Crippen LogP) is 1.86. The summed E-state index contributed by atoms with van der Waals surface area (Å²) in [6.45, 7) is -0.0908. The molecule has 148 valence electrons. The van der Waals surface area contributed by atoms with Crippen LogP contribution in [0.1, 0.15) is 0 Å². The fourth-order valence-corrected chi connectivity index (χ4v) is 4.08. The Kier molecular flexibility index (Phi) is 5.01. The first-order chi connectivity index (χ1) is 13.8. The zero-order valence-electron chi connectivity index (χ0n) is 15.5. The zero-order valence-corrected chi connectivity index (χ0v) is 17.9. The molecule has 0 bridgehead atoms. The highest BCUT2D eigenvalue weighted by Gasteiger charge is 2.50. The number of aliphatic imine (C=N–C) groups is 1. The standard InChI is InChI=1S/C18H15BrN6O3S/c1-23-15-14(16(27)24(2)18(23)28)25(9-20-15)7-13(26)22-17-21-12(8-29-17)10-3-5-11(19)6-4-10/h3-6,8-9,14H,7H2,1-2H3/p+1. The molecule has 3 heterocycles. The van der Waals surface area contributed by atoms with Crippen LogP contribution in [0.3, 0.4) is 0 Å². The molecular weight excluding hydrogens is 460 g/mol. The van der Waals surface area contributed by atoms with Crippen molar-refractivity contribution in [2.24, 2.45) is 4.99 Å². The second-order valence-corrected chi connectivity index (χ2v) is 8.28. The second-order valence-electron chi connectivity index (χ2n) is 6.51. The number of carbonyl (C=O) groups is 3. The minimum atomic E-state index is -0.789. The number of amides is 4. The van der Waals surface area contributed by atoms with Gasteiger partial charge in [-0.1, -0.05) is 28.1 Å². The van der Waals surface area contributed by atoms with Crippen molar-refractivity contribution < 1.29 is 19.0 Å². The molecule has 2 aliphatic rings. The lowest BCUT2D eigenvalue weighted by Crippen LogP contribution is -2.61. The number of carbonyl (C=O) groups excluding carboxylic acids is 3. The molecule has 1 N–H and O–H groups in total. The molecule has 4 rings (SSSR count). The molecule has 0 saturated carbocycles. The third kappa shape index (κ3) is 3.58. The molecule has 0 radical (unpaired) electrons. The molecule has 1 saturated heterocycles. The minimum absolute atomic E-state index is 0.0908. The van der Waals surface area contributed by atoms with Gasteiger partial charge in [0.2, 0.25) is 0 Å². The van der Waals surface area contributed by atoms with E-state index in [1.807, 2.05) is 29.6 Å². The Labute approximate surface area is 178 Å². The van der Waals surface area contributed by atoms with Gasteiger partial charge in [-0.25, -0.2) is 14.4 Å². The van der Waals surface area contributed by atoms with E-state index in [0.29, 0.717) is 11.0 Å². The normalized spacial score (nSPS) is 18.5. The summed E-state index contributed by atoms with van der Waals surface area (Å²) >= 11 is 4.72. The van der Waals surface area contributed by atoms with E-state index in [1.165, 1.54) is 34.2 Å². The SMILES string of the molecule is CN1C(=O)C2C(=NC=[N+]2CC(=O)Nc2nc(-c3ccc(Br)cc3)cs2)N(C)C1=O. The van der Waals surface area contributed by atoms with E-state index < -0.39 is 18.0 Å². The zero-order chi connectivity index (χ0) is 20.7. The van der Waals surface area contributed by atoms with E-state index in [4.69, 9.17) is 0 Å². The summed E-state index contributed by atoms with van der Waals surface area (Å²) in [5, 5.41) is 5.08. The maximum atomic E-state index is 12.5. The van der Waals surface area contributed by atoms with E-state index in [0.717, 1.165) is 20.6 Å². The van der Waals surface area contributed by atoms with Crippen LogP contribution in [0.2, 0.25) is 0 Å². The highest BCUT2D eigenvalue weighted by Crippen LogP contribution is 2.26. The summed E-state index contributed by atoms with van der Waals surface area (Å²) in [5.74, 6) is -0.428. The lowest BCUT2D eigenvalue weighted by atomic mass is 10.1. The van der Waals surface area contributed by atoms with E-state index in [2.05, 4.69) is 31.2 Å². The van der Waals surface area contributed by atoms with E-state index in [1.54, 1.807) is 7.05 Å². The molecule has 11 heteroatoms. The Morgan fingerprint density at radius 3 is 2.69 bits per heavy atom. The third-order valence-corrected chi connectivity index (χ3v) is 5.90. The van der Waals surface area contributed by atoms with Gasteiger partial charge in [0.05, 0.1) is 5.69 Å². The number of hydrogen-bond donors (Lipinski definition) is 1. The summed E-state index contributed by atoms with van der Waals surface area (Å²) in [4.78, 5) is 47.9. The van der Waals surface area contributed by atoms with Crippen LogP contribution in [0.15, 0.2) is 39.1 Å². The topological polar surface area (TPSA) is 98.0 Å². The number of urea groups is 1. The van der Waals surface area contributed by atoms with Gasteiger partial charge in [0.25, 0.3) is 30.0 Å². The lowest BCUT2D eigenvalue weighted by molar-refractivity contribution is -0.519. The smallest absolute Gasteiger partial charge is 0.299 e. The van der Waals surface area contributed by atoms with Crippen molar-refractivity contribution in [3.05, 3.63) is 34.1 Å². The number of amidine groups is 1. The molecule has 1 aromatic carbocycles. The Hall–Kier alpha value is -2.92. The maximum absolute atomic E-state index is 12.5. The molecular formula is C18H16BrN6O3S+. The first-order valence-electron chi connectivity index (χ1n) is 8.58. The fourth-order valence-electron chi connectivity index (χ4n) is 3.08. The van der Waals surface area contributed by atoms with Gasteiger partial charge >= 0.3 is 6.03 Å². The Morgan fingerprint density at radius 2 is 1.97 bits per heavy atom. The molecule has 1 fully saturated rings. The van der Waals surface area contributed by atoms with Gasteiger partial charge in [0.1, 0.15) is 0 Å². The number of anilines is 1. The van der Waals surface area contributed by atoms with Gasteiger partial charge in [0, 0.05) is 29.5 Å². The van der Waals surface area contributed by atoms with Crippen LogP contribution in [0.4, 0.5) is 9.93 Å². The van der Waals surface area contributed by atoms with E-state index in [-0.39, 0.29) is 12.5 Å². The van der Waals surface area contributed by atoms with Crippen molar-refractivity contribution in [2.45, 2.75) is 6.04 Å². The highest BCUT2D eigenvalue weighted by atomic mass is 79.9. The summed E-state index contributed by atoms with van der Waals surface area (Å²) in [7, 11) is 2.96. The Bertz CT molecular complexity index is 1080. The van der Waals surface area contributed by atoms with Crippen LogP contribution in [-0.4, -0.2) is 76.1 Å². The summed E-state index contributed by atoms with van der Waals surface area (Å²) in [6.07, 6.45) is 1.41. The quantitative estimate of drug-likeness (QED) is 0.682. The lowest BCUT2D eigenvalue weighted by Gasteiger charge is -2.30. The number of hydrogen-bond acceptors (Lipinski definition) is 6. The van der Waals surface area contributed by atoms with Gasteiger partial charge < -0.3 is 0 Å². The molecule has 4 amide bonds. The van der Waals surface area contributed by atoms with E-state index >= 15 is 0 Å². The number of nitrogens with zero attached hydrogens (tertiary/aromatic N) is 5. The van der Waals surface area contributed by atoms with Gasteiger partial charge in [-0.3, -0.25) is 24.7 Å². The van der Waals surface area contributed by atoms with Crippen LogP contribution in [0.5, 0.6) is 0 Å². The van der Waals surface area contributed by atoms with Gasteiger partial charge in [-0.2, -0.15) is 0 Å². The summed E-state index contributed by atoms with van der Waals surface area (Å²) in [5.41, 5.74) is 1.71. The van der Waals surface area contributed by atoms with Crippen LogP contribution < -0.4 is 5.32 Å². The van der Waals surface area contributed by atoms with Gasteiger partial charge in [-0.05, 0) is 17.1 Å². The van der Waals surface area contributed by atoms with Gasteiger partial charge in [-0.15, -0.1) is 11.3 Å². The predicted molar refractivity (Wildman–Crippen MR) is 112 cm³/mol. The number of nitrogens with one attached hydrogen (secondary N) is 1. The molecule has 9 nitrogen and oxygen atoms in total. The molecule has 2 aromatic rings. The highest BCUT2D eigenvalue weighted by molar-refractivity contribution is 9.10. The van der Waals surface area contributed by atoms with Crippen molar-refractivity contribution in [2.75, 3.05) is 26.0 Å². The monoisotopic (exact) mass is 475 g/mol. The second kappa shape index (κ2) is 7.48. The molecule has 0 spiro atoms. The van der Waals surface area contributed by atoms with Crippen molar-refractivity contribution in [1.82, 2.24) is 14.8 Å². The Balaban J connectivity index is 1.43. The average molecular weight is 476 g/mol. The number of imide groups is 1. The fraction of sp³-hybridized carbons (Fsp3) is 0.222. The number of halogens is 1. The van der Waals surface area contributed by atoms with Crippen molar-refractivity contribution in [3.63, 3.8) is 0 Å². The molecule has 2 aliphatic heterocycles. The number of thiazole rings is 1. The Morgan fingerprint density at radius 1 is 1.24 bits per heavy atom. The van der Waals surface area contributed by atoms with Crippen LogP contribution in [0, 0.1) is 0 Å². The first kappa shape index (κ1) is 19.4. The number of rotatable bonds is 4.